The molecule has 0 bridgehead atoms. The zero-order valence-electron chi connectivity index (χ0n) is 14.8. The van der Waals surface area contributed by atoms with Crippen LogP contribution in [0.5, 0.6) is 0 Å². The van der Waals surface area contributed by atoms with Crippen molar-refractivity contribution >= 4 is 23.0 Å². The number of benzene rings is 2. The topological polar surface area (TPSA) is 77.2 Å². The second-order valence-corrected chi connectivity index (χ2v) is 6.06. The molecule has 0 radical (unpaired) electrons. The van der Waals surface area contributed by atoms with Gasteiger partial charge < -0.3 is 0 Å². The van der Waals surface area contributed by atoms with E-state index in [2.05, 4.69) is 10.1 Å². The maximum Gasteiger partial charge on any atom is 0.289 e. The fraction of sp³-hybridized carbons (Fsp3) is 0.0952. The highest BCUT2D eigenvalue weighted by atomic mass is 16.1. The van der Waals surface area contributed by atoms with Crippen LogP contribution < -0.4 is 10.5 Å². The molecule has 2 aromatic carbocycles. The standard InChI is InChI=1S/C21H17N5O/c1-2-15-13-19-23-21(24-26(19)20(27)18(15)14-22)25(16-9-5-3-6-10-16)17-11-7-4-8-12-17/h3-13H,2H2,1H3,(H,23,24). The maximum absolute atomic E-state index is 12.7. The molecule has 2 aromatic heterocycles. The van der Waals surface area contributed by atoms with Crippen molar-refractivity contribution in [1.82, 2.24) is 14.6 Å². The number of aromatic nitrogens is 3. The van der Waals surface area contributed by atoms with Gasteiger partial charge in [-0.15, -0.1) is 0 Å². The van der Waals surface area contributed by atoms with Gasteiger partial charge >= 0.3 is 0 Å². The van der Waals surface area contributed by atoms with Crippen molar-refractivity contribution in [1.29, 1.82) is 5.26 Å². The summed E-state index contributed by atoms with van der Waals surface area (Å²) in [6.45, 7) is 1.92. The molecule has 0 amide bonds. The molecular weight excluding hydrogens is 338 g/mol. The minimum Gasteiger partial charge on any atom is -0.280 e. The van der Waals surface area contributed by atoms with Crippen LogP contribution in [-0.4, -0.2) is 14.6 Å². The molecule has 1 N–H and O–H groups in total. The summed E-state index contributed by atoms with van der Waals surface area (Å²) in [4.78, 5) is 19.3. The molecule has 0 atom stereocenters. The number of H-pyrrole nitrogens is 1. The predicted molar refractivity (Wildman–Crippen MR) is 105 cm³/mol. The van der Waals surface area contributed by atoms with Gasteiger partial charge in [0.1, 0.15) is 11.6 Å². The van der Waals surface area contributed by atoms with Gasteiger partial charge in [0, 0.05) is 11.4 Å². The van der Waals surface area contributed by atoms with E-state index in [1.165, 1.54) is 4.52 Å². The van der Waals surface area contributed by atoms with Gasteiger partial charge in [0.25, 0.3) is 5.56 Å². The maximum atomic E-state index is 12.7. The molecule has 6 heteroatoms. The molecule has 2 heterocycles. The zero-order valence-corrected chi connectivity index (χ0v) is 14.8. The molecule has 27 heavy (non-hydrogen) atoms. The lowest BCUT2D eigenvalue weighted by molar-refractivity contribution is 0.898. The highest BCUT2D eigenvalue weighted by molar-refractivity contribution is 5.73. The summed E-state index contributed by atoms with van der Waals surface area (Å²) in [6, 6.07) is 23.4. The Bertz CT molecular complexity index is 1150. The molecule has 0 saturated heterocycles. The van der Waals surface area contributed by atoms with Crippen LogP contribution in [-0.2, 0) is 6.42 Å². The monoisotopic (exact) mass is 355 g/mol. The molecule has 0 fully saturated rings. The molecule has 0 saturated carbocycles. The van der Waals surface area contributed by atoms with Crippen LogP contribution in [0.1, 0.15) is 18.1 Å². The Morgan fingerprint density at radius 2 is 1.67 bits per heavy atom. The average Bonchev–Trinajstić information content (AvgIpc) is 3.13. The van der Waals surface area contributed by atoms with Crippen LogP contribution in [0.2, 0.25) is 0 Å². The molecule has 6 nitrogen and oxygen atoms in total. The number of fused-ring (bicyclic) bond motifs is 1. The van der Waals surface area contributed by atoms with E-state index in [1.807, 2.05) is 78.6 Å². The van der Waals surface area contributed by atoms with Crippen LogP contribution in [0.3, 0.4) is 0 Å². The second-order valence-electron chi connectivity index (χ2n) is 6.06. The Morgan fingerprint density at radius 3 is 2.19 bits per heavy atom. The minimum absolute atomic E-state index is 0.149. The van der Waals surface area contributed by atoms with Gasteiger partial charge in [0.2, 0.25) is 5.95 Å². The third-order valence-electron chi connectivity index (χ3n) is 4.44. The van der Waals surface area contributed by atoms with Gasteiger partial charge in [-0.05, 0) is 42.3 Å². The summed E-state index contributed by atoms with van der Waals surface area (Å²) in [5.41, 5.74) is 2.77. The Balaban J connectivity index is 1.96. The molecule has 0 unspecified atom stereocenters. The molecule has 0 spiro atoms. The van der Waals surface area contributed by atoms with E-state index in [4.69, 9.17) is 0 Å². The summed E-state index contributed by atoms with van der Waals surface area (Å²) in [6.07, 6.45) is 0.595. The van der Waals surface area contributed by atoms with Crippen LogP contribution in [0.4, 0.5) is 17.3 Å². The summed E-state index contributed by atoms with van der Waals surface area (Å²) in [5.74, 6) is 0.502. The normalized spacial score (nSPS) is 10.7. The van der Waals surface area contributed by atoms with Crippen LogP contribution in [0.15, 0.2) is 71.5 Å². The molecular formula is C21H17N5O. The number of nitrogens with zero attached hydrogens (tertiary/aromatic N) is 4. The van der Waals surface area contributed by atoms with E-state index in [9.17, 15) is 10.1 Å². The van der Waals surface area contributed by atoms with E-state index in [-0.39, 0.29) is 11.1 Å². The van der Waals surface area contributed by atoms with Gasteiger partial charge in [0.15, 0.2) is 5.65 Å². The Morgan fingerprint density at radius 1 is 1.07 bits per heavy atom. The van der Waals surface area contributed by atoms with Crippen molar-refractivity contribution in [3.05, 3.63) is 88.2 Å². The predicted octanol–water partition coefficient (Wildman–Crippen LogP) is 3.93. The van der Waals surface area contributed by atoms with E-state index in [0.717, 1.165) is 11.4 Å². The van der Waals surface area contributed by atoms with Gasteiger partial charge in [-0.1, -0.05) is 43.3 Å². The average molecular weight is 355 g/mol. The number of nitriles is 1. The first-order chi connectivity index (χ1) is 13.2. The molecule has 4 rings (SSSR count). The summed E-state index contributed by atoms with van der Waals surface area (Å²) < 4.78 is 1.33. The molecule has 0 aliphatic rings. The van der Waals surface area contributed by atoms with Gasteiger partial charge in [0.05, 0.1) is 0 Å². The first kappa shape index (κ1) is 16.6. The van der Waals surface area contributed by atoms with E-state index in [1.54, 1.807) is 6.07 Å². The first-order valence-electron chi connectivity index (χ1n) is 8.68. The fourth-order valence-corrected chi connectivity index (χ4v) is 3.12. The number of rotatable bonds is 4. The first-order valence-corrected chi connectivity index (χ1v) is 8.68. The molecule has 0 aliphatic carbocycles. The van der Waals surface area contributed by atoms with E-state index >= 15 is 0 Å². The van der Waals surface area contributed by atoms with Gasteiger partial charge in [-0.25, -0.2) is 0 Å². The molecule has 0 aliphatic heterocycles. The largest absolute Gasteiger partial charge is 0.289 e. The number of para-hydroxylation sites is 2. The van der Waals surface area contributed by atoms with E-state index < -0.39 is 0 Å². The minimum atomic E-state index is -0.383. The fourth-order valence-electron chi connectivity index (χ4n) is 3.12. The number of hydrogen-bond donors (Lipinski definition) is 1. The Kier molecular flexibility index (Phi) is 4.19. The van der Waals surface area contributed by atoms with E-state index in [0.29, 0.717) is 23.6 Å². The number of aromatic amines is 1. The summed E-state index contributed by atoms with van der Waals surface area (Å²) >= 11 is 0. The lowest BCUT2D eigenvalue weighted by Crippen LogP contribution is -2.19. The van der Waals surface area contributed by atoms with Crippen molar-refractivity contribution in [2.45, 2.75) is 13.3 Å². The van der Waals surface area contributed by atoms with Crippen molar-refractivity contribution in [2.75, 3.05) is 4.90 Å². The van der Waals surface area contributed by atoms with Gasteiger partial charge in [-0.3, -0.25) is 14.8 Å². The summed E-state index contributed by atoms with van der Waals surface area (Å²) in [7, 11) is 0. The highest BCUT2D eigenvalue weighted by Crippen LogP contribution is 2.31. The van der Waals surface area contributed by atoms with Crippen LogP contribution in [0.25, 0.3) is 5.65 Å². The third-order valence-corrected chi connectivity index (χ3v) is 4.44. The SMILES string of the molecule is CCc1cc2nc(N(c3ccccc3)c3ccccc3)[nH]n2c(=O)c1C#N. The number of hydrogen-bond acceptors (Lipinski definition) is 4. The molecule has 4 aromatic rings. The second kappa shape index (κ2) is 6.81. The highest BCUT2D eigenvalue weighted by Gasteiger charge is 2.18. The van der Waals surface area contributed by atoms with Crippen molar-refractivity contribution in [3.8, 4) is 6.07 Å². The lowest BCUT2D eigenvalue weighted by atomic mass is 10.1. The van der Waals surface area contributed by atoms with Crippen molar-refractivity contribution in [3.63, 3.8) is 0 Å². The van der Waals surface area contributed by atoms with Crippen molar-refractivity contribution < 1.29 is 0 Å². The quantitative estimate of drug-likeness (QED) is 0.602. The Labute approximate surface area is 155 Å². The van der Waals surface area contributed by atoms with Crippen LogP contribution >= 0.6 is 0 Å². The zero-order chi connectivity index (χ0) is 18.8. The third kappa shape index (κ3) is 2.85. The van der Waals surface area contributed by atoms with Gasteiger partial charge in [-0.2, -0.15) is 14.8 Å². The molecule has 132 valence electrons. The number of aryl methyl sites for hydroxylation is 1. The van der Waals surface area contributed by atoms with Crippen LogP contribution in [0, 0.1) is 11.3 Å². The number of anilines is 3. The smallest absolute Gasteiger partial charge is 0.280 e. The number of nitrogens with one attached hydrogen (secondary N) is 1. The van der Waals surface area contributed by atoms with Crippen molar-refractivity contribution in [2.24, 2.45) is 0 Å². The summed E-state index contributed by atoms with van der Waals surface area (Å²) in [5, 5.41) is 12.4. The lowest BCUT2D eigenvalue weighted by Gasteiger charge is -2.21. The Hall–Kier alpha value is -3.85. The number of pyridine rings is 1.